The summed E-state index contributed by atoms with van der Waals surface area (Å²) in [5.74, 6) is -0.839. The van der Waals surface area contributed by atoms with Crippen LogP contribution in [0.2, 0.25) is 0 Å². The lowest BCUT2D eigenvalue weighted by Crippen LogP contribution is -2.54. The maximum atomic E-state index is 12.7. The van der Waals surface area contributed by atoms with E-state index in [1.165, 1.54) is 37.1 Å². The summed E-state index contributed by atoms with van der Waals surface area (Å²) in [6.45, 7) is 5.15. The molecule has 0 saturated carbocycles. The number of nitro benzene ring substituents is 1. The van der Waals surface area contributed by atoms with Crippen molar-refractivity contribution in [3.8, 4) is 5.75 Å². The maximum absolute atomic E-state index is 12.7. The number of fused-ring (bicyclic) bond motifs is 1. The van der Waals surface area contributed by atoms with E-state index in [0.717, 1.165) is 0 Å². The maximum Gasteiger partial charge on any atom is 0.328 e. The molecule has 23 heavy (non-hydrogen) atoms. The van der Waals surface area contributed by atoms with E-state index in [2.05, 4.69) is 0 Å². The molecule has 0 aliphatic carbocycles. The highest BCUT2D eigenvalue weighted by Crippen LogP contribution is 2.39. The van der Waals surface area contributed by atoms with Crippen molar-refractivity contribution >= 4 is 23.3 Å². The Balaban J connectivity index is 2.57. The van der Waals surface area contributed by atoms with Gasteiger partial charge in [0, 0.05) is 12.1 Å². The molecule has 0 saturated heterocycles. The van der Waals surface area contributed by atoms with Gasteiger partial charge in [-0.1, -0.05) is 13.8 Å². The van der Waals surface area contributed by atoms with Crippen LogP contribution < -0.4 is 9.64 Å². The van der Waals surface area contributed by atoms with Crippen LogP contribution in [0.1, 0.15) is 20.8 Å². The average molecular weight is 322 g/mol. The molecule has 1 heterocycles. The molecule has 0 fully saturated rings. The van der Waals surface area contributed by atoms with Gasteiger partial charge < -0.3 is 9.47 Å². The van der Waals surface area contributed by atoms with Gasteiger partial charge in [0.25, 0.3) is 11.6 Å². The van der Waals surface area contributed by atoms with Crippen molar-refractivity contribution in [1.82, 2.24) is 0 Å². The molecule has 8 heteroatoms. The van der Waals surface area contributed by atoms with Crippen molar-refractivity contribution in [2.75, 3.05) is 12.0 Å². The molecule has 2 unspecified atom stereocenters. The highest BCUT2D eigenvalue weighted by molar-refractivity contribution is 6.04. The van der Waals surface area contributed by atoms with Crippen LogP contribution in [0.5, 0.6) is 5.75 Å². The van der Waals surface area contributed by atoms with Gasteiger partial charge in [0.1, 0.15) is 11.8 Å². The van der Waals surface area contributed by atoms with Gasteiger partial charge in [-0.2, -0.15) is 0 Å². The van der Waals surface area contributed by atoms with Crippen LogP contribution in [0, 0.1) is 16.0 Å². The third-order valence-corrected chi connectivity index (χ3v) is 3.68. The van der Waals surface area contributed by atoms with Crippen LogP contribution in [-0.2, 0) is 14.3 Å². The first-order valence-corrected chi connectivity index (χ1v) is 7.14. The van der Waals surface area contributed by atoms with Crippen LogP contribution in [0.25, 0.3) is 0 Å². The van der Waals surface area contributed by atoms with E-state index in [1.54, 1.807) is 0 Å². The number of ether oxygens (including phenoxy) is 2. The highest BCUT2D eigenvalue weighted by Gasteiger charge is 2.41. The normalized spacial score (nSPS) is 18.2. The summed E-state index contributed by atoms with van der Waals surface area (Å²) in [6.07, 6.45) is -0.768. The lowest BCUT2D eigenvalue weighted by Gasteiger charge is -2.37. The third kappa shape index (κ3) is 2.96. The molecule has 0 radical (unpaired) electrons. The molecule has 8 nitrogen and oxygen atoms in total. The third-order valence-electron chi connectivity index (χ3n) is 3.68. The Morgan fingerprint density at radius 2 is 2.04 bits per heavy atom. The smallest absolute Gasteiger partial charge is 0.328 e. The molecule has 0 N–H and O–H groups in total. The molecule has 1 amide bonds. The van der Waals surface area contributed by atoms with Gasteiger partial charge in [0.2, 0.25) is 0 Å². The average Bonchev–Trinajstić information content (AvgIpc) is 2.51. The van der Waals surface area contributed by atoms with E-state index >= 15 is 0 Å². The van der Waals surface area contributed by atoms with Crippen LogP contribution >= 0.6 is 0 Å². The first-order chi connectivity index (χ1) is 10.8. The SMILES string of the molecule is COC(=O)C(C)N1C(=O)C(C(C)C)Oc2ccc([N+](=O)[O-])cc21. The van der Waals surface area contributed by atoms with Gasteiger partial charge >= 0.3 is 5.97 Å². The molecule has 1 aromatic rings. The van der Waals surface area contributed by atoms with Crippen molar-refractivity contribution in [3.05, 3.63) is 28.3 Å². The van der Waals surface area contributed by atoms with E-state index in [1.807, 2.05) is 13.8 Å². The van der Waals surface area contributed by atoms with Gasteiger partial charge in [-0.15, -0.1) is 0 Å². The Kier molecular flexibility index (Phi) is 4.53. The molecule has 1 aromatic carbocycles. The Hall–Kier alpha value is -2.64. The zero-order valence-electron chi connectivity index (χ0n) is 13.3. The molecule has 1 aliphatic rings. The fourth-order valence-electron chi connectivity index (χ4n) is 2.45. The highest BCUT2D eigenvalue weighted by atomic mass is 16.6. The van der Waals surface area contributed by atoms with Crippen molar-refractivity contribution in [3.63, 3.8) is 0 Å². The summed E-state index contributed by atoms with van der Waals surface area (Å²) in [6, 6.07) is 3.04. The number of hydrogen-bond donors (Lipinski definition) is 0. The predicted octanol–water partition coefficient (Wildman–Crippen LogP) is 1.91. The van der Waals surface area contributed by atoms with Crippen molar-refractivity contribution < 1.29 is 24.0 Å². The molecule has 0 bridgehead atoms. The minimum absolute atomic E-state index is 0.127. The Morgan fingerprint density at radius 3 is 2.57 bits per heavy atom. The van der Waals surface area contributed by atoms with Gasteiger partial charge in [0.05, 0.1) is 17.7 Å². The monoisotopic (exact) mass is 322 g/mol. The first-order valence-electron chi connectivity index (χ1n) is 7.14. The quantitative estimate of drug-likeness (QED) is 0.477. The standard InChI is InChI=1S/C15H18N2O6/c1-8(2)13-14(18)16(9(3)15(19)22-4)11-7-10(17(20)21)5-6-12(11)23-13/h5-9,13H,1-4H3. The van der Waals surface area contributed by atoms with Crippen LogP contribution in [0.4, 0.5) is 11.4 Å². The molecule has 0 aromatic heterocycles. The number of non-ortho nitro benzene ring substituents is 1. The molecule has 2 atom stereocenters. The minimum atomic E-state index is -0.918. The van der Waals surface area contributed by atoms with Gasteiger partial charge in [-0.05, 0) is 18.9 Å². The number of methoxy groups -OCH3 is 1. The molecule has 1 aliphatic heterocycles. The van der Waals surface area contributed by atoms with E-state index < -0.39 is 28.9 Å². The number of hydrogen-bond acceptors (Lipinski definition) is 6. The molecular formula is C15H18N2O6. The predicted molar refractivity (Wildman–Crippen MR) is 81.3 cm³/mol. The number of anilines is 1. The van der Waals surface area contributed by atoms with Crippen molar-refractivity contribution in [2.24, 2.45) is 5.92 Å². The summed E-state index contributed by atoms with van der Waals surface area (Å²) in [7, 11) is 1.22. The number of carbonyl (C=O) groups is 2. The summed E-state index contributed by atoms with van der Waals surface area (Å²) >= 11 is 0. The summed E-state index contributed by atoms with van der Waals surface area (Å²) in [5, 5.41) is 11.0. The lowest BCUT2D eigenvalue weighted by atomic mass is 10.0. The van der Waals surface area contributed by atoms with Crippen LogP contribution in [0.15, 0.2) is 18.2 Å². The number of benzene rings is 1. The topological polar surface area (TPSA) is 99.0 Å². The van der Waals surface area contributed by atoms with E-state index in [0.29, 0.717) is 5.75 Å². The molecule has 124 valence electrons. The fraction of sp³-hybridized carbons (Fsp3) is 0.467. The zero-order chi connectivity index (χ0) is 17.3. The van der Waals surface area contributed by atoms with Gasteiger partial charge in [-0.3, -0.25) is 19.8 Å². The number of nitro groups is 1. The van der Waals surface area contributed by atoms with Crippen molar-refractivity contribution in [2.45, 2.75) is 32.9 Å². The largest absolute Gasteiger partial charge is 0.478 e. The molecular weight excluding hydrogens is 304 g/mol. The van der Waals surface area contributed by atoms with Gasteiger partial charge in [0.15, 0.2) is 6.10 Å². The Labute approximate surface area is 133 Å². The Morgan fingerprint density at radius 1 is 1.39 bits per heavy atom. The van der Waals surface area contributed by atoms with Crippen LogP contribution in [-0.4, -0.2) is 36.1 Å². The van der Waals surface area contributed by atoms with E-state index in [9.17, 15) is 19.7 Å². The van der Waals surface area contributed by atoms with Gasteiger partial charge in [-0.25, -0.2) is 4.79 Å². The Bertz CT molecular complexity index is 657. The minimum Gasteiger partial charge on any atom is -0.478 e. The van der Waals surface area contributed by atoms with E-state index in [-0.39, 0.29) is 17.3 Å². The number of amides is 1. The second-order valence-corrected chi connectivity index (χ2v) is 5.60. The second kappa shape index (κ2) is 6.23. The summed E-state index contributed by atoms with van der Waals surface area (Å²) in [5.41, 5.74) is 0.00390. The summed E-state index contributed by atoms with van der Waals surface area (Å²) < 4.78 is 10.4. The fourth-order valence-corrected chi connectivity index (χ4v) is 2.45. The van der Waals surface area contributed by atoms with E-state index in [4.69, 9.17) is 9.47 Å². The number of esters is 1. The molecule has 0 spiro atoms. The lowest BCUT2D eigenvalue weighted by molar-refractivity contribution is -0.384. The first kappa shape index (κ1) is 16.7. The van der Waals surface area contributed by atoms with Crippen LogP contribution in [0.3, 0.4) is 0 Å². The van der Waals surface area contributed by atoms with Crippen molar-refractivity contribution in [1.29, 1.82) is 0 Å². The summed E-state index contributed by atoms with van der Waals surface area (Å²) in [4.78, 5) is 36.2. The second-order valence-electron chi connectivity index (χ2n) is 5.60. The zero-order valence-corrected chi connectivity index (χ0v) is 13.3. The molecule has 2 rings (SSSR count). The number of rotatable bonds is 4. The number of carbonyl (C=O) groups excluding carboxylic acids is 2. The number of nitrogens with zero attached hydrogens (tertiary/aromatic N) is 2.